The SMILES string of the molecule is CCCn1ncnc1CNC1CCCCCC1C. The monoisotopic (exact) mass is 250 g/mol. The van der Waals surface area contributed by atoms with Gasteiger partial charge in [-0.3, -0.25) is 0 Å². The van der Waals surface area contributed by atoms with Gasteiger partial charge in [0.25, 0.3) is 0 Å². The van der Waals surface area contributed by atoms with Gasteiger partial charge in [-0.2, -0.15) is 5.10 Å². The van der Waals surface area contributed by atoms with Crippen LogP contribution in [-0.2, 0) is 13.1 Å². The standard InChI is InChI=1S/C14H26N4/c1-3-9-18-14(16-11-17-18)10-15-13-8-6-4-5-7-12(13)2/h11-13,15H,3-10H2,1-2H3. The van der Waals surface area contributed by atoms with Crippen LogP contribution in [0.1, 0.15) is 58.2 Å². The maximum absolute atomic E-state index is 4.36. The Bertz CT molecular complexity index is 347. The zero-order valence-electron chi connectivity index (χ0n) is 11.7. The summed E-state index contributed by atoms with van der Waals surface area (Å²) in [5.74, 6) is 1.86. The van der Waals surface area contributed by atoms with Gasteiger partial charge in [0.05, 0.1) is 6.54 Å². The average Bonchev–Trinajstić information content (AvgIpc) is 2.70. The van der Waals surface area contributed by atoms with Gasteiger partial charge in [0.1, 0.15) is 12.2 Å². The Morgan fingerprint density at radius 2 is 2.17 bits per heavy atom. The molecule has 1 aliphatic rings. The van der Waals surface area contributed by atoms with Crippen molar-refractivity contribution in [2.24, 2.45) is 5.92 Å². The lowest BCUT2D eigenvalue weighted by Crippen LogP contribution is -2.34. The summed E-state index contributed by atoms with van der Waals surface area (Å²) >= 11 is 0. The normalized spacial score (nSPS) is 25.0. The molecule has 0 bridgehead atoms. The van der Waals surface area contributed by atoms with Crippen molar-refractivity contribution < 1.29 is 0 Å². The molecule has 0 saturated heterocycles. The van der Waals surface area contributed by atoms with Crippen molar-refractivity contribution in [1.82, 2.24) is 20.1 Å². The fraction of sp³-hybridized carbons (Fsp3) is 0.857. The number of nitrogens with one attached hydrogen (secondary N) is 1. The van der Waals surface area contributed by atoms with Crippen LogP contribution in [0.5, 0.6) is 0 Å². The third-order valence-electron chi connectivity index (χ3n) is 4.01. The van der Waals surface area contributed by atoms with Gasteiger partial charge in [-0.05, 0) is 25.2 Å². The van der Waals surface area contributed by atoms with Crippen LogP contribution in [0.4, 0.5) is 0 Å². The zero-order chi connectivity index (χ0) is 12.8. The Morgan fingerprint density at radius 3 is 3.00 bits per heavy atom. The van der Waals surface area contributed by atoms with Crippen molar-refractivity contribution in [3.8, 4) is 0 Å². The Morgan fingerprint density at radius 1 is 1.33 bits per heavy atom. The largest absolute Gasteiger partial charge is 0.307 e. The van der Waals surface area contributed by atoms with E-state index in [4.69, 9.17) is 0 Å². The van der Waals surface area contributed by atoms with Gasteiger partial charge in [-0.1, -0.05) is 33.1 Å². The highest BCUT2D eigenvalue weighted by Crippen LogP contribution is 2.23. The fourth-order valence-corrected chi connectivity index (χ4v) is 2.84. The topological polar surface area (TPSA) is 42.7 Å². The molecule has 0 aromatic carbocycles. The Labute approximate surface area is 110 Å². The highest BCUT2D eigenvalue weighted by Gasteiger charge is 2.19. The molecule has 2 unspecified atom stereocenters. The molecule has 102 valence electrons. The number of nitrogens with zero attached hydrogens (tertiary/aromatic N) is 3. The van der Waals surface area contributed by atoms with Crippen LogP contribution in [0.2, 0.25) is 0 Å². The molecule has 18 heavy (non-hydrogen) atoms. The van der Waals surface area contributed by atoms with E-state index in [2.05, 4.69) is 29.2 Å². The van der Waals surface area contributed by atoms with Gasteiger partial charge in [0.15, 0.2) is 0 Å². The van der Waals surface area contributed by atoms with Crippen molar-refractivity contribution in [2.45, 2.75) is 71.5 Å². The lowest BCUT2D eigenvalue weighted by molar-refractivity contribution is 0.349. The Hall–Kier alpha value is -0.900. The minimum absolute atomic E-state index is 0.652. The maximum atomic E-state index is 4.36. The van der Waals surface area contributed by atoms with Crippen LogP contribution < -0.4 is 5.32 Å². The first-order chi connectivity index (χ1) is 8.81. The number of hydrogen-bond donors (Lipinski definition) is 1. The number of aromatic nitrogens is 3. The molecular weight excluding hydrogens is 224 g/mol. The molecule has 1 aromatic heterocycles. The van der Waals surface area contributed by atoms with Crippen LogP contribution in [-0.4, -0.2) is 20.8 Å². The summed E-state index contributed by atoms with van der Waals surface area (Å²) in [5, 5.41) is 7.96. The summed E-state index contributed by atoms with van der Waals surface area (Å²) in [6.45, 7) is 6.37. The second-order valence-electron chi connectivity index (χ2n) is 5.50. The third kappa shape index (κ3) is 3.55. The summed E-state index contributed by atoms with van der Waals surface area (Å²) in [4.78, 5) is 4.36. The summed E-state index contributed by atoms with van der Waals surface area (Å²) in [6.07, 6.45) is 9.60. The zero-order valence-corrected chi connectivity index (χ0v) is 11.7. The van der Waals surface area contributed by atoms with E-state index in [9.17, 15) is 0 Å². The van der Waals surface area contributed by atoms with E-state index in [1.165, 1.54) is 32.1 Å². The van der Waals surface area contributed by atoms with E-state index in [1.807, 2.05) is 4.68 Å². The van der Waals surface area contributed by atoms with Crippen molar-refractivity contribution in [3.63, 3.8) is 0 Å². The predicted octanol–water partition coefficient (Wildman–Crippen LogP) is 2.75. The van der Waals surface area contributed by atoms with Crippen LogP contribution >= 0.6 is 0 Å². The van der Waals surface area contributed by atoms with E-state index in [1.54, 1.807) is 6.33 Å². The molecular formula is C14H26N4. The molecule has 2 rings (SSSR count). The summed E-state index contributed by atoms with van der Waals surface area (Å²) in [7, 11) is 0. The molecule has 0 aliphatic heterocycles. The van der Waals surface area contributed by atoms with Gasteiger partial charge in [0, 0.05) is 12.6 Å². The minimum atomic E-state index is 0.652. The van der Waals surface area contributed by atoms with Crippen LogP contribution in [0.3, 0.4) is 0 Å². The fourth-order valence-electron chi connectivity index (χ4n) is 2.84. The molecule has 1 aliphatic carbocycles. The molecule has 4 heteroatoms. The van der Waals surface area contributed by atoms with Crippen LogP contribution in [0.25, 0.3) is 0 Å². The van der Waals surface area contributed by atoms with E-state index in [-0.39, 0.29) is 0 Å². The number of aryl methyl sites for hydroxylation is 1. The maximum Gasteiger partial charge on any atom is 0.140 e. The van der Waals surface area contributed by atoms with Crippen molar-refractivity contribution in [2.75, 3.05) is 0 Å². The lowest BCUT2D eigenvalue weighted by atomic mass is 9.97. The first-order valence-corrected chi connectivity index (χ1v) is 7.41. The molecule has 1 saturated carbocycles. The minimum Gasteiger partial charge on any atom is -0.307 e. The van der Waals surface area contributed by atoms with Crippen molar-refractivity contribution in [1.29, 1.82) is 0 Å². The first-order valence-electron chi connectivity index (χ1n) is 7.41. The molecule has 4 nitrogen and oxygen atoms in total. The molecule has 1 heterocycles. The van der Waals surface area contributed by atoms with Crippen LogP contribution in [0, 0.1) is 5.92 Å². The second kappa shape index (κ2) is 6.88. The summed E-state index contributed by atoms with van der Waals surface area (Å²) < 4.78 is 2.02. The van der Waals surface area contributed by atoms with Gasteiger partial charge in [0.2, 0.25) is 0 Å². The summed E-state index contributed by atoms with van der Waals surface area (Å²) in [6, 6.07) is 0.652. The second-order valence-corrected chi connectivity index (χ2v) is 5.50. The van der Waals surface area contributed by atoms with Gasteiger partial charge < -0.3 is 5.32 Å². The number of hydrogen-bond acceptors (Lipinski definition) is 3. The average molecular weight is 250 g/mol. The Balaban J connectivity index is 1.87. The molecule has 1 aromatic rings. The van der Waals surface area contributed by atoms with E-state index >= 15 is 0 Å². The molecule has 0 radical (unpaired) electrons. The highest BCUT2D eigenvalue weighted by molar-refractivity contribution is 4.86. The van der Waals surface area contributed by atoms with Crippen molar-refractivity contribution >= 4 is 0 Å². The van der Waals surface area contributed by atoms with Gasteiger partial charge in [-0.25, -0.2) is 9.67 Å². The molecule has 0 amide bonds. The molecule has 1 N–H and O–H groups in total. The van der Waals surface area contributed by atoms with Crippen molar-refractivity contribution in [3.05, 3.63) is 12.2 Å². The number of rotatable bonds is 5. The summed E-state index contributed by atoms with van der Waals surface area (Å²) in [5.41, 5.74) is 0. The first kappa shape index (κ1) is 13.5. The quantitative estimate of drug-likeness (QED) is 0.817. The third-order valence-corrected chi connectivity index (χ3v) is 4.01. The lowest BCUT2D eigenvalue weighted by Gasteiger charge is -2.22. The highest BCUT2D eigenvalue weighted by atomic mass is 15.3. The van der Waals surface area contributed by atoms with Gasteiger partial charge >= 0.3 is 0 Å². The smallest absolute Gasteiger partial charge is 0.140 e. The molecule has 2 atom stereocenters. The Kier molecular flexibility index (Phi) is 5.17. The predicted molar refractivity (Wildman–Crippen MR) is 73.2 cm³/mol. The van der Waals surface area contributed by atoms with Gasteiger partial charge in [-0.15, -0.1) is 0 Å². The van der Waals surface area contributed by atoms with E-state index in [0.29, 0.717) is 6.04 Å². The van der Waals surface area contributed by atoms with E-state index in [0.717, 1.165) is 31.3 Å². The molecule has 1 fully saturated rings. The van der Waals surface area contributed by atoms with E-state index < -0.39 is 0 Å². The molecule has 0 spiro atoms. The van der Waals surface area contributed by atoms with Crippen LogP contribution in [0.15, 0.2) is 6.33 Å².